The number of rotatable bonds is 3. The van der Waals surface area contributed by atoms with E-state index in [4.69, 9.17) is 4.52 Å². The smallest absolute Gasteiger partial charge is 0.332 e. The molecule has 9 heteroatoms. The van der Waals surface area contributed by atoms with Crippen molar-refractivity contribution in [3.8, 4) is 0 Å². The highest BCUT2D eigenvalue weighted by Crippen LogP contribution is 2.12. The Morgan fingerprint density at radius 2 is 1.95 bits per heavy atom. The number of aromatic nitrogens is 6. The summed E-state index contributed by atoms with van der Waals surface area (Å²) in [5, 5.41) is 3.89. The first-order chi connectivity index (χ1) is 10.4. The number of imidazole rings is 1. The summed E-state index contributed by atoms with van der Waals surface area (Å²) in [6.07, 6.45) is 1.49. The lowest BCUT2D eigenvalue weighted by Gasteiger charge is -2.04. The molecule has 116 valence electrons. The first-order valence-corrected chi connectivity index (χ1v) is 6.83. The van der Waals surface area contributed by atoms with Crippen LogP contribution in [0.1, 0.15) is 31.5 Å². The van der Waals surface area contributed by atoms with Gasteiger partial charge in [-0.2, -0.15) is 4.98 Å². The van der Waals surface area contributed by atoms with Gasteiger partial charge in [0.05, 0.1) is 6.33 Å². The van der Waals surface area contributed by atoms with E-state index in [0.29, 0.717) is 22.9 Å². The minimum Gasteiger partial charge on any atom is -0.337 e. The SMILES string of the molecule is CC(C)c1noc(Cn2cnc3c2c(=O)n(C)c(=O)n3C)n1. The third kappa shape index (κ3) is 2.05. The van der Waals surface area contributed by atoms with Crippen LogP contribution < -0.4 is 11.2 Å². The van der Waals surface area contributed by atoms with Crippen LogP contribution in [-0.4, -0.2) is 28.8 Å². The molecule has 0 amide bonds. The van der Waals surface area contributed by atoms with E-state index in [1.807, 2.05) is 13.8 Å². The highest BCUT2D eigenvalue weighted by atomic mass is 16.5. The maximum atomic E-state index is 12.3. The molecule has 0 atom stereocenters. The molecule has 3 aromatic rings. The van der Waals surface area contributed by atoms with Crippen LogP contribution in [0.2, 0.25) is 0 Å². The molecule has 0 saturated heterocycles. The fourth-order valence-corrected chi connectivity index (χ4v) is 2.23. The van der Waals surface area contributed by atoms with Gasteiger partial charge in [-0.1, -0.05) is 19.0 Å². The molecular weight excluding hydrogens is 288 g/mol. The Hall–Kier alpha value is -2.71. The lowest BCUT2D eigenvalue weighted by atomic mass is 10.2. The Morgan fingerprint density at radius 3 is 2.59 bits per heavy atom. The van der Waals surface area contributed by atoms with E-state index in [1.165, 1.54) is 17.9 Å². The molecule has 0 aromatic carbocycles. The molecule has 0 aliphatic rings. The summed E-state index contributed by atoms with van der Waals surface area (Å²) in [7, 11) is 3.01. The van der Waals surface area contributed by atoms with Crippen LogP contribution in [-0.2, 0) is 20.6 Å². The second-order valence-electron chi connectivity index (χ2n) is 5.45. The van der Waals surface area contributed by atoms with Crippen molar-refractivity contribution in [3.05, 3.63) is 38.9 Å². The number of nitrogens with zero attached hydrogens (tertiary/aromatic N) is 6. The molecular formula is C13H16N6O3. The van der Waals surface area contributed by atoms with Gasteiger partial charge in [-0.3, -0.25) is 13.9 Å². The zero-order valence-corrected chi connectivity index (χ0v) is 12.8. The summed E-state index contributed by atoms with van der Waals surface area (Å²) in [6.45, 7) is 4.16. The van der Waals surface area contributed by atoms with Crippen molar-refractivity contribution in [3.63, 3.8) is 0 Å². The van der Waals surface area contributed by atoms with Gasteiger partial charge in [-0.25, -0.2) is 9.78 Å². The molecule has 3 heterocycles. The fourth-order valence-electron chi connectivity index (χ4n) is 2.23. The fraction of sp³-hybridized carbons (Fsp3) is 0.462. The summed E-state index contributed by atoms with van der Waals surface area (Å²) in [6, 6.07) is 0. The van der Waals surface area contributed by atoms with Gasteiger partial charge in [0.15, 0.2) is 17.0 Å². The first-order valence-electron chi connectivity index (χ1n) is 6.83. The number of aryl methyl sites for hydroxylation is 1. The normalized spacial score (nSPS) is 11.7. The Bertz CT molecular complexity index is 958. The summed E-state index contributed by atoms with van der Waals surface area (Å²) in [5.41, 5.74) is -0.160. The Balaban J connectivity index is 2.12. The van der Waals surface area contributed by atoms with Crippen molar-refractivity contribution in [1.82, 2.24) is 28.8 Å². The molecule has 0 aliphatic heterocycles. The monoisotopic (exact) mass is 304 g/mol. The van der Waals surface area contributed by atoms with Gasteiger partial charge in [-0.15, -0.1) is 0 Å². The number of hydrogen-bond acceptors (Lipinski definition) is 6. The minimum absolute atomic E-state index is 0.158. The van der Waals surface area contributed by atoms with Gasteiger partial charge in [0.1, 0.15) is 6.54 Å². The number of hydrogen-bond donors (Lipinski definition) is 0. The molecule has 0 saturated carbocycles. The molecule has 3 rings (SSSR count). The zero-order chi connectivity index (χ0) is 16.0. The summed E-state index contributed by atoms with van der Waals surface area (Å²) >= 11 is 0. The summed E-state index contributed by atoms with van der Waals surface area (Å²) in [4.78, 5) is 32.6. The molecule has 0 bridgehead atoms. The minimum atomic E-state index is -0.414. The molecule has 0 fully saturated rings. The molecule has 0 unspecified atom stereocenters. The maximum Gasteiger partial charge on any atom is 0.332 e. The van der Waals surface area contributed by atoms with E-state index >= 15 is 0 Å². The molecule has 0 spiro atoms. The predicted octanol–water partition coefficient (Wildman–Crippen LogP) is -0.0116. The topological polar surface area (TPSA) is 101 Å². The molecule has 0 N–H and O–H groups in total. The lowest BCUT2D eigenvalue weighted by Crippen LogP contribution is -2.37. The average molecular weight is 304 g/mol. The Kier molecular flexibility index (Phi) is 3.19. The van der Waals surface area contributed by atoms with Gasteiger partial charge in [0, 0.05) is 20.0 Å². The predicted molar refractivity (Wildman–Crippen MR) is 77.7 cm³/mol. The molecule has 9 nitrogen and oxygen atoms in total. The second kappa shape index (κ2) is 4.93. The molecule has 3 aromatic heterocycles. The van der Waals surface area contributed by atoms with Crippen LogP contribution in [0.4, 0.5) is 0 Å². The summed E-state index contributed by atoms with van der Waals surface area (Å²) < 4.78 is 9.17. The number of fused-ring (bicyclic) bond motifs is 1. The maximum absolute atomic E-state index is 12.3. The van der Waals surface area contributed by atoms with Crippen molar-refractivity contribution < 1.29 is 4.52 Å². The standard InChI is InChI=1S/C13H16N6O3/c1-7(2)10-15-8(22-16-10)5-19-6-14-11-9(19)12(20)18(4)13(21)17(11)3/h6-7H,5H2,1-4H3. The third-order valence-corrected chi connectivity index (χ3v) is 3.52. The average Bonchev–Trinajstić information content (AvgIpc) is 3.10. The van der Waals surface area contributed by atoms with E-state index in [0.717, 1.165) is 4.57 Å². The molecule has 22 heavy (non-hydrogen) atoms. The lowest BCUT2D eigenvalue weighted by molar-refractivity contribution is 0.365. The highest BCUT2D eigenvalue weighted by molar-refractivity contribution is 5.70. The van der Waals surface area contributed by atoms with Crippen LogP contribution in [0, 0.1) is 0 Å². The third-order valence-electron chi connectivity index (χ3n) is 3.52. The van der Waals surface area contributed by atoms with E-state index < -0.39 is 11.2 Å². The molecule has 0 aliphatic carbocycles. The zero-order valence-electron chi connectivity index (χ0n) is 12.8. The van der Waals surface area contributed by atoms with Crippen molar-refractivity contribution >= 4 is 11.2 Å². The van der Waals surface area contributed by atoms with Crippen LogP contribution in [0.25, 0.3) is 11.2 Å². The van der Waals surface area contributed by atoms with E-state index in [-0.39, 0.29) is 12.5 Å². The first kappa shape index (κ1) is 14.2. The van der Waals surface area contributed by atoms with Crippen LogP contribution in [0.5, 0.6) is 0 Å². The largest absolute Gasteiger partial charge is 0.337 e. The van der Waals surface area contributed by atoms with Gasteiger partial charge in [0.2, 0.25) is 5.89 Å². The van der Waals surface area contributed by atoms with Gasteiger partial charge in [-0.05, 0) is 0 Å². The highest BCUT2D eigenvalue weighted by Gasteiger charge is 2.16. The quantitative estimate of drug-likeness (QED) is 0.674. The van der Waals surface area contributed by atoms with Crippen LogP contribution >= 0.6 is 0 Å². The van der Waals surface area contributed by atoms with E-state index in [2.05, 4.69) is 15.1 Å². The van der Waals surface area contributed by atoms with Crippen LogP contribution in [0.3, 0.4) is 0 Å². The van der Waals surface area contributed by atoms with Crippen molar-refractivity contribution in [2.45, 2.75) is 26.3 Å². The Labute approximate surface area is 124 Å². The van der Waals surface area contributed by atoms with Crippen LogP contribution in [0.15, 0.2) is 20.4 Å². The second-order valence-corrected chi connectivity index (χ2v) is 5.45. The van der Waals surface area contributed by atoms with Crippen molar-refractivity contribution in [2.75, 3.05) is 0 Å². The van der Waals surface area contributed by atoms with Gasteiger partial charge in [0.25, 0.3) is 5.56 Å². The Morgan fingerprint density at radius 1 is 1.23 bits per heavy atom. The van der Waals surface area contributed by atoms with Crippen molar-refractivity contribution in [1.29, 1.82) is 0 Å². The van der Waals surface area contributed by atoms with Gasteiger partial charge >= 0.3 is 5.69 Å². The summed E-state index contributed by atoms with van der Waals surface area (Å²) in [5.74, 6) is 1.16. The van der Waals surface area contributed by atoms with Gasteiger partial charge < -0.3 is 9.09 Å². The van der Waals surface area contributed by atoms with E-state index in [9.17, 15) is 9.59 Å². The van der Waals surface area contributed by atoms with E-state index in [1.54, 1.807) is 11.6 Å². The molecule has 0 radical (unpaired) electrons. The van der Waals surface area contributed by atoms with Crippen molar-refractivity contribution in [2.24, 2.45) is 14.1 Å².